The Morgan fingerprint density at radius 1 is 1.03 bits per heavy atom. The number of halogens is 2. The van der Waals surface area contributed by atoms with Gasteiger partial charge in [-0.15, -0.1) is 23.2 Å². The topological polar surface area (TPSA) is 58.6 Å². The van der Waals surface area contributed by atoms with Crippen LogP contribution in [0.1, 0.15) is 58.8 Å². The Labute approximate surface area is 231 Å². The molecule has 0 radical (unpaired) electrons. The van der Waals surface area contributed by atoms with E-state index in [4.69, 9.17) is 27.9 Å². The molecule has 1 aromatic carbocycles. The van der Waals surface area contributed by atoms with Crippen molar-refractivity contribution in [2.75, 3.05) is 36.3 Å². The predicted molar refractivity (Wildman–Crippen MR) is 149 cm³/mol. The van der Waals surface area contributed by atoms with Gasteiger partial charge in [-0.2, -0.15) is 0 Å². The first-order valence-electron chi connectivity index (χ1n) is 14.0. The van der Waals surface area contributed by atoms with Gasteiger partial charge in [-0.3, -0.25) is 9.59 Å². The van der Waals surface area contributed by atoms with E-state index < -0.39 is 0 Å². The van der Waals surface area contributed by atoms with Crippen molar-refractivity contribution in [3.63, 3.8) is 0 Å². The number of nitrogens with zero attached hydrogens (tertiary/aromatic N) is 1. The van der Waals surface area contributed by atoms with Gasteiger partial charge in [0.25, 0.3) is 0 Å². The minimum Gasteiger partial charge on any atom is -0.426 e. The van der Waals surface area contributed by atoms with Gasteiger partial charge in [0.05, 0.1) is 5.92 Å². The Balaban J connectivity index is 1.28. The zero-order chi connectivity index (χ0) is 26.2. The van der Waals surface area contributed by atoms with Crippen LogP contribution in [0.3, 0.4) is 0 Å². The maximum atomic E-state index is 13.5. The van der Waals surface area contributed by atoms with E-state index in [1.807, 2.05) is 30.3 Å². The first-order chi connectivity index (χ1) is 17.8. The number of hydrogen-bond acceptors (Lipinski definition) is 4. The summed E-state index contributed by atoms with van der Waals surface area (Å²) in [5.74, 6) is 3.32. The van der Waals surface area contributed by atoms with E-state index >= 15 is 0 Å². The van der Waals surface area contributed by atoms with Gasteiger partial charge in [0.15, 0.2) is 0 Å². The molecule has 0 bridgehead atoms. The van der Waals surface area contributed by atoms with Crippen LogP contribution >= 0.6 is 23.2 Å². The molecule has 1 N–H and O–H groups in total. The van der Waals surface area contributed by atoms with Gasteiger partial charge in [0, 0.05) is 43.2 Å². The fourth-order valence-electron chi connectivity index (χ4n) is 8.44. The summed E-state index contributed by atoms with van der Waals surface area (Å²) in [6, 6.07) is 7.72. The zero-order valence-corrected chi connectivity index (χ0v) is 23.6. The Bertz CT molecular complexity index is 1040. The smallest absolute Gasteiger partial charge is 0.314 e. The normalized spacial score (nSPS) is 34.8. The van der Waals surface area contributed by atoms with E-state index in [2.05, 4.69) is 24.1 Å². The molecule has 0 spiro atoms. The number of carbonyl (C=O) groups excluding carboxylic acids is 2. The Kier molecular flexibility index (Phi) is 7.85. The van der Waals surface area contributed by atoms with Crippen LogP contribution in [0.4, 0.5) is 5.69 Å². The maximum absolute atomic E-state index is 13.5. The van der Waals surface area contributed by atoms with Crippen LogP contribution in [-0.4, -0.2) is 43.3 Å². The molecule has 3 fully saturated rings. The Morgan fingerprint density at radius 2 is 1.76 bits per heavy atom. The average Bonchev–Trinajstić information content (AvgIpc) is 3.15. The molecule has 1 aliphatic heterocycles. The Morgan fingerprint density at radius 3 is 2.46 bits per heavy atom. The molecule has 1 aromatic rings. The zero-order valence-electron chi connectivity index (χ0n) is 22.1. The van der Waals surface area contributed by atoms with E-state index in [9.17, 15) is 9.59 Å². The van der Waals surface area contributed by atoms with Gasteiger partial charge in [-0.1, -0.05) is 19.4 Å². The van der Waals surface area contributed by atoms with E-state index in [-0.39, 0.29) is 28.6 Å². The van der Waals surface area contributed by atoms with Crippen molar-refractivity contribution >= 4 is 40.8 Å². The first kappa shape index (κ1) is 26.9. The lowest BCUT2D eigenvalue weighted by atomic mass is 9.48. The number of hydrogen-bond donors (Lipinski definition) is 1. The van der Waals surface area contributed by atoms with Gasteiger partial charge >= 0.3 is 5.97 Å². The van der Waals surface area contributed by atoms with Crippen molar-refractivity contribution in [2.45, 2.75) is 58.8 Å². The monoisotopic (exact) mass is 546 g/mol. The summed E-state index contributed by atoms with van der Waals surface area (Å²) in [6.45, 7) is 6.94. The molecule has 202 valence electrons. The molecule has 5 rings (SSSR count). The van der Waals surface area contributed by atoms with Crippen LogP contribution in [0.5, 0.6) is 5.75 Å². The molecule has 0 aromatic heterocycles. The van der Waals surface area contributed by atoms with E-state index in [1.54, 1.807) is 0 Å². The third-order valence-corrected chi connectivity index (χ3v) is 10.7. The molecule has 1 amide bonds. The standard InChI is InChI=1S/C30H40Cl2N2O3/c1-29-13-16-33-27(35)19-20(29)3-8-23-24-9-10-26(30(24,2)12-11-25(23)29)28(36)37-22-6-4-21(5-7-22)34(17-14-31)18-15-32/h4-7,19,23-26H,3,8-18H2,1-2H3,(H,33,35)/t23-,24-,25-,26+,29-,30-/m0/s1. The molecule has 4 aliphatic rings. The second-order valence-corrected chi connectivity index (χ2v) is 12.8. The summed E-state index contributed by atoms with van der Waals surface area (Å²) in [6.07, 6.45) is 9.20. The van der Waals surface area contributed by atoms with Crippen molar-refractivity contribution in [3.8, 4) is 5.75 Å². The summed E-state index contributed by atoms with van der Waals surface area (Å²) in [5, 5.41) is 3.05. The number of esters is 1. The average molecular weight is 548 g/mol. The van der Waals surface area contributed by atoms with Gasteiger partial charge < -0.3 is 15.0 Å². The van der Waals surface area contributed by atoms with Gasteiger partial charge in [-0.05, 0) is 97.8 Å². The summed E-state index contributed by atoms with van der Waals surface area (Å²) in [7, 11) is 0. The van der Waals surface area contributed by atoms with Gasteiger partial charge in [-0.25, -0.2) is 0 Å². The third kappa shape index (κ3) is 4.91. The van der Waals surface area contributed by atoms with E-state index in [1.165, 1.54) is 5.57 Å². The lowest BCUT2D eigenvalue weighted by molar-refractivity contribution is -0.146. The number of nitrogens with one attached hydrogen (secondary N) is 1. The highest BCUT2D eigenvalue weighted by molar-refractivity contribution is 6.18. The SMILES string of the molecule is C[C@]12CC[C@H]3[C@@H](CCC4=CC(=O)NCC[C@@]43C)[C@@H]1CC[C@@H]2C(=O)Oc1ccc(N(CCCl)CCCl)cc1. The number of allylic oxidation sites excluding steroid dienone is 1. The van der Waals surface area contributed by atoms with E-state index in [0.29, 0.717) is 35.3 Å². The molecule has 5 nitrogen and oxygen atoms in total. The number of alkyl halides is 2. The van der Waals surface area contributed by atoms with Crippen molar-refractivity contribution in [3.05, 3.63) is 35.9 Å². The maximum Gasteiger partial charge on any atom is 0.314 e. The van der Waals surface area contributed by atoms with Crippen LogP contribution < -0.4 is 15.0 Å². The number of amides is 1. The lowest BCUT2D eigenvalue weighted by Gasteiger charge is -2.57. The predicted octanol–water partition coefficient (Wildman–Crippen LogP) is 6.18. The van der Waals surface area contributed by atoms with Crippen molar-refractivity contribution in [1.29, 1.82) is 0 Å². The highest BCUT2D eigenvalue weighted by Gasteiger charge is 2.60. The summed E-state index contributed by atoms with van der Waals surface area (Å²) < 4.78 is 5.97. The summed E-state index contributed by atoms with van der Waals surface area (Å²) >= 11 is 11.9. The quantitative estimate of drug-likeness (QED) is 0.252. The van der Waals surface area contributed by atoms with Crippen molar-refractivity contribution in [2.24, 2.45) is 34.5 Å². The molecule has 6 atom stereocenters. The van der Waals surface area contributed by atoms with Crippen LogP contribution in [0, 0.1) is 34.5 Å². The molecule has 1 heterocycles. The number of rotatable bonds is 7. The number of ether oxygens (including phenoxy) is 1. The van der Waals surface area contributed by atoms with Crippen LogP contribution in [0.25, 0.3) is 0 Å². The number of anilines is 1. The van der Waals surface area contributed by atoms with Crippen molar-refractivity contribution in [1.82, 2.24) is 5.32 Å². The fourth-order valence-corrected chi connectivity index (χ4v) is 8.85. The minimum atomic E-state index is -0.0820. The molecular formula is C30H40Cl2N2O3. The molecule has 0 saturated heterocycles. The molecule has 37 heavy (non-hydrogen) atoms. The lowest BCUT2D eigenvalue weighted by Crippen LogP contribution is -2.50. The summed E-state index contributed by atoms with van der Waals surface area (Å²) in [5.41, 5.74) is 2.44. The van der Waals surface area contributed by atoms with Crippen LogP contribution in [-0.2, 0) is 9.59 Å². The Hall–Kier alpha value is -1.72. The van der Waals surface area contributed by atoms with Crippen LogP contribution in [0.15, 0.2) is 35.9 Å². The van der Waals surface area contributed by atoms with Gasteiger partial charge in [0.2, 0.25) is 5.91 Å². The summed E-state index contributed by atoms with van der Waals surface area (Å²) in [4.78, 5) is 27.8. The van der Waals surface area contributed by atoms with E-state index in [0.717, 1.165) is 70.3 Å². The van der Waals surface area contributed by atoms with Crippen molar-refractivity contribution < 1.29 is 14.3 Å². The largest absolute Gasteiger partial charge is 0.426 e. The molecular weight excluding hydrogens is 507 g/mol. The minimum absolute atomic E-state index is 0.0218. The third-order valence-electron chi connectivity index (χ3n) is 10.4. The number of carbonyl (C=O) groups is 2. The number of fused-ring (bicyclic) bond motifs is 5. The molecule has 3 aliphatic carbocycles. The molecule has 3 saturated carbocycles. The van der Waals surface area contributed by atoms with Gasteiger partial charge in [0.1, 0.15) is 5.75 Å². The first-order valence-corrected chi connectivity index (χ1v) is 15.0. The molecule has 7 heteroatoms. The second-order valence-electron chi connectivity index (χ2n) is 12.0. The molecule has 0 unspecified atom stereocenters. The van der Waals surface area contributed by atoms with Crippen LogP contribution in [0.2, 0.25) is 0 Å². The second kappa shape index (κ2) is 10.8. The fraction of sp³-hybridized carbons (Fsp3) is 0.667. The highest BCUT2D eigenvalue weighted by atomic mass is 35.5. The highest BCUT2D eigenvalue weighted by Crippen LogP contribution is 2.66. The number of benzene rings is 1.